The number of nitrogens with one attached hydrogen (secondary N) is 1. The van der Waals surface area contributed by atoms with E-state index in [1.807, 2.05) is 5.32 Å². The second-order valence-electron chi connectivity index (χ2n) is 10.1. The number of nitrogens with zero attached hydrogens (tertiary/aromatic N) is 1. The molecule has 2 aromatic carbocycles. The van der Waals surface area contributed by atoms with Crippen LogP contribution >= 0.6 is 0 Å². The molecule has 1 aliphatic rings. The van der Waals surface area contributed by atoms with Gasteiger partial charge in [-0.15, -0.1) is 0 Å². The number of aliphatic imine (C=N–C) groups is 1. The highest BCUT2D eigenvalue weighted by atomic mass is 19.4. The Morgan fingerprint density at radius 3 is 2.33 bits per heavy atom. The van der Waals surface area contributed by atoms with Crippen LogP contribution < -0.4 is 10.1 Å². The van der Waals surface area contributed by atoms with Crippen LogP contribution in [0.3, 0.4) is 0 Å². The normalized spacial score (nSPS) is 19.2. The number of carbonyl (C=O) groups excluding carboxylic acids is 2. The molecular formula is C28H33F3N2O6. The molecule has 2 N–H and O–H groups in total. The predicted octanol–water partition coefficient (Wildman–Crippen LogP) is 4.51. The molecule has 11 heteroatoms. The molecule has 212 valence electrons. The third-order valence-electron chi connectivity index (χ3n) is 5.71. The first-order valence-corrected chi connectivity index (χ1v) is 12.6. The van der Waals surface area contributed by atoms with E-state index in [4.69, 9.17) is 19.3 Å². The quantitative estimate of drug-likeness (QED) is 0.315. The highest BCUT2D eigenvalue weighted by Crippen LogP contribution is 2.43. The molecule has 0 unspecified atom stereocenters. The van der Waals surface area contributed by atoms with Gasteiger partial charge in [-0.1, -0.05) is 30.3 Å². The van der Waals surface area contributed by atoms with Gasteiger partial charge in [0, 0.05) is 25.0 Å². The van der Waals surface area contributed by atoms with E-state index < -0.39 is 41.8 Å². The fourth-order valence-electron chi connectivity index (χ4n) is 4.02. The third-order valence-corrected chi connectivity index (χ3v) is 5.71. The maximum atomic E-state index is 13.5. The van der Waals surface area contributed by atoms with Gasteiger partial charge in [-0.25, -0.2) is 4.99 Å². The van der Waals surface area contributed by atoms with Crippen LogP contribution in [0.5, 0.6) is 5.75 Å². The second-order valence-corrected chi connectivity index (χ2v) is 10.1. The Morgan fingerprint density at radius 2 is 1.74 bits per heavy atom. The standard InChI is InChI=1S/C28H33F3N2O6/c1-26(2,3)39-22(35)14-15-27(25(36)32-18-28(29,30)31)23(19-8-5-4-6-9-19)38-24(33-27)20-10-12-21(13-11-20)37-17-7-16-34/h4-6,8-13,23,34H,7,14-18H2,1-3H3,(H,32,36)/t23-,27-/m1/s1. The Morgan fingerprint density at radius 1 is 1.08 bits per heavy atom. The van der Waals surface area contributed by atoms with E-state index in [9.17, 15) is 22.8 Å². The number of aliphatic hydroxyl groups is 1. The third kappa shape index (κ3) is 8.44. The molecular weight excluding hydrogens is 517 g/mol. The van der Waals surface area contributed by atoms with Gasteiger partial charge in [0.25, 0.3) is 5.91 Å². The number of carbonyl (C=O) groups is 2. The van der Waals surface area contributed by atoms with Crippen LogP contribution in [0.1, 0.15) is 57.3 Å². The average molecular weight is 551 g/mol. The Hall–Kier alpha value is -3.60. The summed E-state index contributed by atoms with van der Waals surface area (Å²) in [6.45, 7) is 3.81. The van der Waals surface area contributed by atoms with E-state index in [-0.39, 0.29) is 25.3 Å². The topological polar surface area (TPSA) is 106 Å². The highest BCUT2D eigenvalue weighted by Gasteiger charge is 2.53. The van der Waals surface area contributed by atoms with Crippen LogP contribution in [-0.4, -0.2) is 60.0 Å². The second kappa shape index (κ2) is 12.5. The molecule has 0 fully saturated rings. The summed E-state index contributed by atoms with van der Waals surface area (Å²) in [5, 5.41) is 10.9. The van der Waals surface area contributed by atoms with E-state index in [0.29, 0.717) is 29.9 Å². The molecule has 39 heavy (non-hydrogen) atoms. The number of rotatable bonds is 11. The monoisotopic (exact) mass is 550 g/mol. The molecule has 1 aliphatic heterocycles. The summed E-state index contributed by atoms with van der Waals surface area (Å²) in [6, 6.07) is 15.1. The molecule has 0 saturated carbocycles. The zero-order chi connectivity index (χ0) is 28.7. The van der Waals surface area contributed by atoms with Crippen LogP contribution in [0.25, 0.3) is 0 Å². The molecule has 2 atom stereocenters. The van der Waals surface area contributed by atoms with Crippen LogP contribution in [-0.2, 0) is 19.1 Å². The lowest BCUT2D eigenvalue weighted by Gasteiger charge is -2.31. The summed E-state index contributed by atoms with van der Waals surface area (Å²) in [4.78, 5) is 30.6. The lowest BCUT2D eigenvalue weighted by atomic mass is 9.83. The lowest BCUT2D eigenvalue weighted by molar-refractivity contribution is -0.156. The summed E-state index contributed by atoms with van der Waals surface area (Å²) in [7, 11) is 0. The number of hydrogen-bond acceptors (Lipinski definition) is 7. The molecule has 0 saturated heterocycles. The van der Waals surface area contributed by atoms with Crippen molar-refractivity contribution in [3.05, 3.63) is 65.7 Å². The first-order valence-electron chi connectivity index (χ1n) is 12.6. The molecule has 2 aromatic rings. The van der Waals surface area contributed by atoms with Crippen molar-refractivity contribution in [3.8, 4) is 5.75 Å². The Balaban J connectivity index is 2.00. The van der Waals surface area contributed by atoms with E-state index in [2.05, 4.69) is 4.99 Å². The Bertz CT molecular complexity index is 1150. The number of amides is 1. The van der Waals surface area contributed by atoms with Crippen molar-refractivity contribution in [2.75, 3.05) is 19.8 Å². The van der Waals surface area contributed by atoms with Crippen molar-refractivity contribution >= 4 is 17.8 Å². The maximum absolute atomic E-state index is 13.5. The fourth-order valence-corrected chi connectivity index (χ4v) is 4.02. The molecule has 0 spiro atoms. The molecule has 0 radical (unpaired) electrons. The van der Waals surface area contributed by atoms with Crippen LogP contribution in [0, 0.1) is 0 Å². The van der Waals surface area contributed by atoms with Gasteiger partial charge in [0.1, 0.15) is 17.9 Å². The number of esters is 1. The van der Waals surface area contributed by atoms with Gasteiger partial charge >= 0.3 is 12.1 Å². The van der Waals surface area contributed by atoms with Crippen LogP contribution in [0.2, 0.25) is 0 Å². The van der Waals surface area contributed by atoms with E-state index in [0.717, 1.165) is 0 Å². The number of ether oxygens (including phenoxy) is 3. The SMILES string of the molecule is CC(C)(C)OC(=O)CC[C@@]1(C(=O)NCC(F)(F)F)N=C(c2ccc(OCCCO)cc2)O[C@@H]1c1ccccc1. The van der Waals surface area contributed by atoms with E-state index in [1.165, 1.54) is 0 Å². The lowest BCUT2D eigenvalue weighted by Crippen LogP contribution is -2.50. The molecule has 8 nitrogen and oxygen atoms in total. The molecule has 3 rings (SSSR count). The molecule has 1 heterocycles. The average Bonchev–Trinajstić information content (AvgIpc) is 3.27. The first kappa shape index (κ1) is 29.9. The van der Waals surface area contributed by atoms with Crippen LogP contribution in [0.4, 0.5) is 13.2 Å². The zero-order valence-electron chi connectivity index (χ0n) is 22.1. The summed E-state index contributed by atoms with van der Waals surface area (Å²) >= 11 is 0. The van der Waals surface area contributed by atoms with E-state index >= 15 is 0 Å². The van der Waals surface area contributed by atoms with Crippen LogP contribution in [0.15, 0.2) is 59.6 Å². The number of alkyl halides is 3. The summed E-state index contributed by atoms with van der Waals surface area (Å²) in [6.07, 6.45) is -5.83. The largest absolute Gasteiger partial charge is 0.494 e. The minimum absolute atomic E-state index is 0.00855. The first-order chi connectivity index (χ1) is 18.3. The van der Waals surface area contributed by atoms with Gasteiger partial charge < -0.3 is 24.6 Å². The van der Waals surface area contributed by atoms with Crippen molar-refractivity contribution in [2.45, 2.75) is 63.5 Å². The fraction of sp³-hybridized carbons (Fsp3) is 0.464. The number of halogens is 3. The number of benzene rings is 2. The number of aliphatic hydroxyl groups excluding tert-OH is 1. The van der Waals surface area contributed by atoms with Crippen molar-refractivity contribution in [2.24, 2.45) is 4.99 Å². The summed E-state index contributed by atoms with van der Waals surface area (Å²) in [5.41, 5.74) is -1.70. The summed E-state index contributed by atoms with van der Waals surface area (Å²) in [5.74, 6) is -1.07. The number of hydrogen-bond donors (Lipinski definition) is 2. The van der Waals surface area contributed by atoms with Crippen molar-refractivity contribution in [1.82, 2.24) is 5.32 Å². The van der Waals surface area contributed by atoms with Crippen molar-refractivity contribution in [1.29, 1.82) is 0 Å². The predicted molar refractivity (Wildman–Crippen MR) is 137 cm³/mol. The van der Waals surface area contributed by atoms with Gasteiger partial charge in [-0.2, -0.15) is 13.2 Å². The van der Waals surface area contributed by atoms with Crippen molar-refractivity contribution in [3.63, 3.8) is 0 Å². The zero-order valence-corrected chi connectivity index (χ0v) is 22.1. The van der Waals surface area contributed by atoms with Gasteiger partial charge in [-0.05, 0) is 57.0 Å². The molecule has 0 aromatic heterocycles. The molecule has 1 amide bonds. The van der Waals surface area contributed by atoms with E-state index in [1.54, 1.807) is 75.4 Å². The molecule has 0 aliphatic carbocycles. The maximum Gasteiger partial charge on any atom is 0.405 e. The van der Waals surface area contributed by atoms with Gasteiger partial charge in [0.15, 0.2) is 11.6 Å². The van der Waals surface area contributed by atoms with Gasteiger partial charge in [0.05, 0.1) is 6.61 Å². The molecule has 0 bridgehead atoms. The smallest absolute Gasteiger partial charge is 0.405 e. The minimum atomic E-state index is -4.65. The van der Waals surface area contributed by atoms with Crippen molar-refractivity contribution < 1.29 is 42.1 Å². The summed E-state index contributed by atoms with van der Waals surface area (Å²) < 4.78 is 56.2. The van der Waals surface area contributed by atoms with Gasteiger partial charge in [0.2, 0.25) is 5.90 Å². The highest BCUT2D eigenvalue weighted by molar-refractivity contribution is 6.01. The Labute approximate surface area is 225 Å². The Kier molecular flexibility index (Phi) is 9.60. The minimum Gasteiger partial charge on any atom is -0.494 e. The van der Waals surface area contributed by atoms with Gasteiger partial charge in [-0.3, -0.25) is 9.59 Å².